The third-order valence-corrected chi connectivity index (χ3v) is 3.23. The molecule has 6 heteroatoms. The van der Waals surface area contributed by atoms with Crippen LogP contribution in [0.3, 0.4) is 0 Å². The van der Waals surface area contributed by atoms with Crippen LogP contribution >= 0.6 is 12.2 Å². The van der Waals surface area contributed by atoms with Gasteiger partial charge in [0, 0.05) is 24.5 Å². The normalized spacial score (nSPS) is 10.4. The van der Waals surface area contributed by atoms with Gasteiger partial charge in [0.25, 0.3) is 0 Å². The second kappa shape index (κ2) is 6.38. The fourth-order valence-corrected chi connectivity index (χ4v) is 1.98. The van der Waals surface area contributed by atoms with Crippen molar-refractivity contribution >= 4 is 17.2 Å². The smallest absolute Gasteiger partial charge is 0.328 e. The molecular weight excluding hydrogens is 274 g/mol. The molecule has 5 nitrogen and oxygen atoms in total. The molecule has 1 heterocycles. The van der Waals surface area contributed by atoms with E-state index in [9.17, 15) is 4.79 Å². The average molecular weight is 291 g/mol. The lowest BCUT2D eigenvalue weighted by atomic mass is 10.2. The summed E-state index contributed by atoms with van der Waals surface area (Å²) in [5.41, 5.74) is 6.32. The number of imidazole rings is 1. The number of ether oxygens (including phenoxy) is 1. The summed E-state index contributed by atoms with van der Waals surface area (Å²) in [6.07, 6.45) is 3.55. The molecule has 2 rings (SSSR count). The lowest BCUT2D eigenvalue weighted by molar-refractivity contribution is 0.296. The first-order chi connectivity index (χ1) is 9.61. The minimum Gasteiger partial charge on any atom is -0.492 e. The highest BCUT2D eigenvalue weighted by Gasteiger charge is 2.02. The van der Waals surface area contributed by atoms with E-state index in [1.54, 1.807) is 21.5 Å². The van der Waals surface area contributed by atoms with Crippen LogP contribution in [0.1, 0.15) is 12.5 Å². The number of thiocarbonyl (C=S) groups is 1. The molecule has 0 atom stereocenters. The van der Waals surface area contributed by atoms with Crippen molar-refractivity contribution in [2.24, 2.45) is 5.73 Å². The number of benzene rings is 1. The molecule has 0 saturated heterocycles. The predicted octanol–water partition coefficient (Wildman–Crippen LogP) is 1.38. The van der Waals surface area contributed by atoms with Gasteiger partial charge in [-0.1, -0.05) is 12.2 Å². The van der Waals surface area contributed by atoms with Crippen LogP contribution in [0.25, 0.3) is 0 Å². The minimum absolute atomic E-state index is 0.0140. The van der Waals surface area contributed by atoms with Crippen LogP contribution in [0, 0.1) is 0 Å². The maximum absolute atomic E-state index is 11.8. The molecule has 0 unspecified atom stereocenters. The van der Waals surface area contributed by atoms with E-state index in [0.717, 1.165) is 11.3 Å². The molecule has 1 aromatic heterocycles. The van der Waals surface area contributed by atoms with Gasteiger partial charge in [0.2, 0.25) is 0 Å². The third kappa shape index (κ3) is 3.27. The van der Waals surface area contributed by atoms with Gasteiger partial charge in [-0.15, -0.1) is 0 Å². The molecule has 20 heavy (non-hydrogen) atoms. The molecule has 0 radical (unpaired) electrons. The van der Waals surface area contributed by atoms with Crippen LogP contribution in [0.2, 0.25) is 0 Å². The van der Waals surface area contributed by atoms with Crippen LogP contribution in [0.5, 0.6) is 5.75 Å². The lowest BCUT2D eigenvalue weighted by Crippen LogP contribution is -2.25. The van der Waals surface area contributed by atoms with Gasteiger partial charge in [0.05, 0.1) is 6.54 Å². The molecule has 0 bridgehead atoms. The summed E-state index contributed by atoms with van der Waals surface area (Å²) in [5.74, 6) is 0.730. The quantitative estimate of drug-likeness (QED) is 0.817. The van der Waals surface area contributed by atoms with Crippen molar-refractivity contribution in [2.75, 3.05) is 6.61 Å². The predicted molar refractivity (Wildman–Crippen MR) is 82.2 cm³/mol. The summed E-state index contributed by atoms with van der Waals surface area (Å²) in [6, 6.07) is 7.26. The van der Waals surface area contributed by atoms with E-state index < -0.39 is 0 Å². The first-order valence-electron chi connectivity index (χ1n) is 6.40. The molecule has 2 N–H and O–H groups in total. The van der Waals surface area contributed by atoms with Gasteiger partial charge in [-0.3, -0.25) is 9.13 Å². The van der Waals surface area contributed by atoms with E-state index in [-0.39, 0.29) is 5.69 Å². The number of hydrogen-bond donors (Lipinski definition) is 1. The Labute approximate surface area is 122 Å². The zero-order valence-corrected chi connectivity index (χ0v) is 12.1. The highest BCUT2D eigenvalue weighted by molar-refractivity contribution is 7.80. The molecule has 0 amide bonds. The van der Waals surface area contributed by atoms with Gasteiger partial charge < -0.3 is 10.5 Å². The van der Waals surface area contributed by atoms with E-state index >= 15 is 0 Å². The fourth-order valence-electron chi connectivity index (χ4n) is 1.84. The first kappa shape index (κ1) is 14.3. The van der Waals surface area contributed by atoms with Crippen LogP contribution in [-0.4, -0.2) is 20.7 Å². The summed E-state index contributed by atoms with van der Waals surface area (Å²) in [7, 11) is 0. The van der Waals surface area contributed by atoms with Gasteiger partial charge >= 0.3 is 5.69 Å². The Morgan fingerprint density at radius 2 is 1.90 bits per heavy atom. The van der Waals surface area contributed by atoms with E-state index in [4.69, 9.17) is 22.7 Å². The molecule has 0 aliphatic carbocycles. The Bertz CT molecular complexity index is 643. The number of nitrogens with two attached hydrogens (primary N) is 1. The van der Waals surface area contributed by atoms with Crippen LogP contribution in [0.4, 0.5) is 0 Å². The molecule has 0 spiro atoms. The van der Waals surface area contributed by atoms with Crippen molar-refractivity contribution in [3.05, 3.63) is 52.7 Å². The van der Waals surface area contributed by atoms with Crippen molar-refractivity contribution in [1.29, 1.82) is 0 Å². The highest BCUT2D eigenvalue weighted by Crippen LogP contribution is 2.12. The van der Waals surface area contributed by atoms with Crippen LogP contribution in [-0.2, 0) is 13.1 Å². The maximum Gasteiger partial charge on any atom is 0.328 e. The number of nitrogens with zero attached hydrogens (tertiary/aromatic N) is 2. The molecule has 0 saturated carbocycles. The standard InChI is InChI=1S/C14H17N3O2S/c1-2-16-7-8-17(14(16)18)9-10-19-12-5-3-11(4-6-12)13(15)20/h3-8H,2,9-10H2,1H3,(H2,15,20). The Morgan fingerprint density at radius 1 is 1.25 bits per heavy atom. The zero-order valence-electron chi connectivity index (χ0n) is 11.3. The number of hydrogen-bond acceptors (Lipinski definition) is 3. The van der Waals surface area contributed by atoms with E-state index in [2.05, 4.69) is 0 Å². The molecular formula is C14H17N3O2S. The molecule has 0 fully saturated rings. The summed E-state index contributed by atoms with van der Waals surface area (Å²) >= 11 is 4.88. The zero-order chi connectivity index (χ0) is 14.5. The van der Waals surface area contributed by atoms with Crippen molar-refractivity contribution < 1.29 is 4.74 Å². The van der Waals surface area contributed by atoms with Gasteiger partial charge in [0.1, 0.15) is 17.3 Å². The molecule has 0 aliphatic rings. The second-order valence-electron chi connectivity index (χ2n) is 4.30. The lowest BCUT2D eigenvalue weighted by Gasteiger charge is -2.07. The number of aromatic nitrogens is 2. The van der Waals surface area contributed by atoms with Crippen LogP contribution < -0.4 is 16.2 Å². The van der Waals surface area contributed by atoms with Crippen molar-refractivity contribution in [3.8, 4) is 5.75 Å². The molecule has 1 aromatic carbocycles. The summed E-state index contributed by atoms with van der Waals surface area (Å²) in [6.45, 7) is 3.56. The van der Waals surface area contributed by atoms with E-state index in [0.29, 0.717) is 24.7 Å². The summed E-state index contributed by atoms with van der Waals surface area (Å²) in [5, 5.41) is 0. The highest BCUT2D eigenvalue weighted by atomic mass is 32.1. The first-order valence-corrected chi connectivity index (χ1v) is 6.81. The van der Waals surface area contributed by atoms with Gasteiger partial charge in [0.15, 0.2) is 0 Å². The number of rotatable bonds is 6. The molecule has 106 valence electrons. The van der Waals surface area contributed by atoms with Gasteiger partial charge in [-0.05, 0) is 31.2 Å². The largest absolute Gasteiger partial charge is 0.492 e. The Hall–Kier alpha value is -2.08. The topological polar surface area (TPSA) is 62.2 Å². The average Bonchev–Trinajstić information content (AvgIpc) is 2.80. The van der Waals surface area contributed by atoms with E-state index in [1.807, 2.05) is 31.2 Å². The van der Waals surface area contributed by atoms with E-state index in [1.165, 1.54) is 0 Å². The Morgan fingerprint density at radius 3 is 2.45 bits per heavy atom. The maximum atomic E-state index is 11.8. The van der Waals surface area contributed by atoms with Crippen LogP contribution in [0.15, 0.2) is 41.5 Å². The van der Waals surface area contributed by atoms with Crippen molar-refractivity contribution in [1.82, 2.24) is 9.13 Å². The molecule has 2 aromatic rings. The van der Waals surface area contributed by atoms with Crippen molar-refractivity contribution in [3.63, 3.8) is 0 Å². The summed E-state index contributed by atoms with van der Waals surface area (Å²) < 4.78 is 8.87. The van der Waals surface area contributed by atoms with Gasteiger partial charge in [-0.2, -0.15) is 0 Å². The Kier molecular flexibility index (Phi) is 4.57. The minimum atomic E-state index is -0.0140. The number of aryl methyl sites for hydroxylation is 1. The second-order valence-corrected chi connectivity index (χ2v) is 4.74. The van der Waals surface area contributed by atoms with Gasteiger partial charge in [-0.25, -0.2) is 4.79 Å². The fraction of sp³-hybridized carbons (Fsp3) is 0.286. The Balaban J connectivity index is 1.91. The monoisotopic (exact) mass is 291 g/mol. The third-order valence-electron chi connectivity index (χ3n) is 3.00. The molecule has 0 aliphatic heterocycles. The van der Waals surface area contributed by atoms with Crippen molar-refractivity contribution in [2.45, 2.75) is 20.0 Å². The SMILES string of the molecule is CCn1ccn(CCOc2ccc(C(N)=S)cc2)c1=O. The summed E-state index contributed by atoms with van der Waals surface area (Å²) in [4.78, 5) is 12.2.